The van der Waals surface area contributed by atoms with Gasteiger partial charge < -0.3 is 20.7 Å². The van der Waals surface area contributed by atoms with Gasteiger partial charge in [-0.15, -0.1) is 10.2 Å². The number of anilines is 1. The first-order chi connectivity index (χ1) is 10.6. The lowest BCUT2D eigenvalue weighted by Gasteiger charge is -2.22. The molecule has 0 saturated carbocycles. The molecule has 0 aliphatic rings. The number of nitrogen functional groups attached to an aromatic ring is 1. The summed E-state index contributed by atoms with van der Waals surface area (Å²) in [6.07, 6.45) is 0. The van der Waals surface area contributed by atoms with Crippen molar-refractivity contribution in [2.75, 3.05) is 33.0 Å². The highest BCUT2D eigenvalue weighted by molar-refractivity contribution is 7.15. The number of rotatable bonds is 6. The zero-order chi connectivity index (χ0) is 15.9. The molecule has 8 heteroatoms. The lowest BCUT2D eigenvalue weighted by Crippen LogP contribution is -2.41. The number of carbonyl (C=O) groups excluding carboxylic acids is 1. The Bertz CT molecular complexity index is 604. The number of amides is 2. The van der Waals surface area contributed by atoms with E-state index in [1.54, 1.807) is 19.1 Å². The number of urea groups is 1. The molecule has 2 amide bonds. The monoisotopic (exact) mass is 321 g/mol. The van der Waals surface area contributed by atoms with Crippen LogP contribution in [0.5, 0.6) is 0 Å². The quantitative estimate of drug-likeness (QED) is 0.841. The third kappa shape index (κ3) is 4.15. The average molecular weight is 321 g/mol. The maximum atomic E-state index is 12.3. The van der Waals surface area contributed by atoms with E-state index in [0.717, 1.165) is 5.56 Å². The number of hydrogen-bond acceptors (Lipinski definition) is 6. The molecule has 0 spiro atoms. The number of carbonyl (C=O) groups is 1. The van der Waals surface area contributed by atoms with Gasteiger partial charge in [-0.05, 0) is 5.56 Å². The maximum Gasteiger partial charge on any atom is 0.318 e. The fourth-order valence-corrected chi connectivity index (χ4v) is 2.55. The van der Waals surface area contributed by atoms with Crippen LogP contribution in [0.2, 0.25) is 0 Å². The van der Waals surface area contributed by atoms with Gasteiger partial charge in [0, 0.05) is 20.7 Å². The Morgan fingerprint density at radius 2 is 2.14 bits per heavy atom. The van der Waals surface area contributed by atoms with E-state index >= 15 is 0 Å². The molecule has 0 saturated heterocycles. The number of nitrogens with zero attached hydrogens (tertiary/aromatic N) is 3. The Hall–Kier alpha value is -2.19. The summed E-state index contributed by atoms with van der Waals surface area (Å²) in [5.41, 5.74) is 6.58. The van der Waals surface area contributed by atoms with E-state index in [-0.39, 0.29) is 12.1 Å². The number of likely N-dealkylation sites (N-methyl/N-ethyl adjacent to an activating group) is 1. The van der Waals surface area contributed by atoms with E-state index in [2.05, 4.69) is 15.5 Å². The molecule has 0 fully saturated rings. The molecule has 1 heterocycles. The van der Waals surface area contributed by atoms with Crippen LogP contribution in [-0.2, 0) is 4.74 Å². The summed E-state index contributed by atoms with van der Waals surface area (Å²) >= 11 is 1.26. The third-order valence-corrected chi connectivity index (χ3v) is 3.90. The normalized spacial score (nSPS) is 11.9. The maximum absolute atomic E-state index is 12.3. The molecule has 2 rings (SSSR count). The lowest BCUT2D eigenvalue weighted by molar-refractivity contribution is 0.158. The molecule has 1 aromatic heterocycles. The number of benzene rings is 1. The van der Waals surface area contributed by atoms with Crippen LogP contribution in [0.4, 0.5) is 9.93 Å². The molecular weight excluding hydrogens is 302 g/mol. The van der Waals surface area contributed by atoms with Gasteiger partial charge >= 0.3 is 6.03 Å². The van der Waals surface area contributed by atoms with Crippen LogP contribution in [0, 0.1) is 0 Å². The van der Waals surface area contributed by atoms with Gasteiger partial charge in [0.2, 0.25) is 5.13 Å². The van der Waals surface area contributed by atoms with Crippen LogP contribution in [0.3, 0.4) is 0 Å². The molecule has 0 radical (unpaired) electrons. The van der Waals surface area contributed by atoms with Crippen LogP contribution in [0.1, 0.15) is 16.6 Å². The van der Waals surface area contributed by atoms with Crippen LogP contribution in [-0.4, -0.2) is 48.4 Å². The van der Waals surface area contributed by atoms with Gasteiger partial charge in [-0.3, -0.25) is 0 Å². The highest BCUT2D eigenvalue weighted by Gasteiger charge is 2.22. The summed E-state index contributed by atoms with van der Waals surface area (Å²) in [5, 5.41) is 11.9. The largest absolute Gasteiger partial charge is 0.383 e. The molecule has 22 heavy (non-hydrogen) atoms. The summed E-state index contributed by atoms with van der Waals surface area (Å²) in [5.74, 6) is 0. The van der Waals surface area contributed by atoms with Crippen molar-refractivity contribution < 1.29 is 9.53 Å². The van der Waals surface area contributed by atoms with E-state index in [1.165, 1.54) is 11.3 Å². The first-order valence-corrected chi connectivity index (χ1v) is 7.58. The minimum Gasteiger partial charge on any atom is -0.383 e. The molecule has 118 valence electrons. The Morgan fingerprint density at radius 1 is 1.41 bits per heavy atom. The van der Waals surface area contributed by atoms with E-state index < -0.39 is 0 Å². The van der Waals surface area contributed by atoms with E-state index in [9.17, 15) is 4.79 Å². The fourth-order valence-electron chi connectivity index (χ4n) is 1.86. The molecule has 0 aliphatic heterocycles. The number of hydrogen-bond donors (Lipinski definition) is 2. The molecule has 3 N–H and O–H groups in total. The first kappa shape index (κ1) is 16.2. The van der Waals surface area contributed by atoms with Crippen molar-refractivity contribution in [2.45, 2.75) is 6.04 Å². The molecule has 1 unspecified atom stereocenters. The van der Waals surface area contributed by atoms with Crippen LogP contribution < -0.4 is 11.1 Å². The molecule has 1 aromatic carbocycles. The number of nitrogens with one attached hydrogen (secondary N) is 1. The zero-order valence-electron chi connectivity index (χ0n) is 12.5. The van der Waals surface area contributed by atoms with Gasteiger partial charge in [-0.25, -0.2) is 4.79 Å². The first-order valence-electron chi connectivity index (χ1n) is 6.76. The highest BCUT2D eigenvalue weighted by Crippen LogP contribution is 2.25. The van der Waals surface area contributed by atoms with E-state index in [4.69, 9.17) is 10.5 Å². The number of methoxy groups -OCH3 is 1. The van der Waals surface area contributed by atoms with Gasteiger partial charge in [0.15, 0.2) is 0 Å². The number of ether oxygens (including phenoxy) is 1. The predicted octanol–water partition coefficient (Wildman–Crippen LogP) is 1.50. The molecule has 0 bridgehead atoms. The second-order valence-electron chi connectivity index (χ2n) is 4.69. The minimum absolute atomic E-state index is 0.209. The van der Waals surface area contributed by atoms with Gasteiger partial charge in [-0.2, -0.15) is 0 Å². The van der Waals surface area contributed by atoms with Crippen molar-refractivity contribution >= 4 is 22.5 Å². The van der Waals surface area contributed by atoms with E-state index in [0.29, 0.717) is 23.3 Å². The van der Waals surface area contributed by atoms with Crippen molar-refractivity contribution in [3.63, 3.8) is 0 Å². The van der Waals surface area contributed by atoms with Crippen LogP contribution in [0.25, 0.3) is 0 Å². The summed E-state index contributed by atoms with van der Waals surface area (Å²) in [6, 6.07) is 9.01. The summed E-state index contributed by atoms with van der Waals surface area (Å²) in [6.45, 7) is 0.980. The summed E-state index contributed by atoms with van der Waals surface area (Å²) in [4.78, 5) is 13.9. The Labute approximate surface area is 133 Å². The Kier molecular flexibility index (Phi) is 5.68. The van der Waals surface area contributed by atoms with Crippen LogP contribution >= 0.6 is 11.3 Å². The highest BCUT2D eigenvalue weighted by atomic mass is 32.1. The second kappa shape index (κ2) is 7.71. The summed E-state index contributed by atoms with van der Waals surface area (Å²) in [7, 11) is 3.31. The molecule has 7 nitrogen and oxygen atoms in total. The summed E-state index contributed by atoms with van der Waals surface area (Å²) < 4.78 is 4.98. The van der Waals surface area contributed by atoms with Crippen LogP contribution in [0.15, 0.2) is 30.3 Å². The van der Waals surface area contributed by atoms with Gasteiger partial charge in [-0.1, -0.05) is 41.7 Å². The minimum atomic E-state index is -0.381. The second-order valence-corrected chi connectivity index (χ2v) is 5.73. The fraction of sp³-hybridized carbons (Fsp3) is 0.357. The smallest absolute Gasteiger partial charge is 0.318 e. The lowest BCUT2D eigenvalue weighted by atomic mass is 10.1. The van der Waals surface area contributed by atoms with Gasteiger partial charge in [0.25, 0.3) is 0 Å². The standard InChI is InChI=1S/C14H19N5O2S/c1-19(8-9-21-2)14(20)16-11(10-6-4-3-5-7-10)12-17-18-13(15)22-12/h3-7,11H,8-9H2,1-2H3,(H2,15,18)(H,16,20). The van der Waals surface area contributed by atoms with Crippen molar-refractivity contribution in [3.05, 3.63) is 40.9 Å². The number of nitrogens with two attached hydrogens (primary N) is 1. The van der Waals surface area contributed by atoms with Crippen molar-refractivity contribution in [1.29, 1.82) is 0 Å². The average Bonchev–Trinajstić information content (AvgIpc) is 2.97. The van der Waals surface area contributed by atoms with Crippen molar-refractivity contribution in [3.8, 4) is 0 Å². The zero-order valence-corrected chi connectivity index (χ0v) is 13.3. The SMILES string of the molecule is COCCN(C)C(=O)NC(c1ccccc1)c1nnc(N)s1. The van der Waals surface area contributed by atoms with Gasteiger partial charge in [0.1, 0.15) is 11.0 Å². The van der Waals surface area contributed by atoms with Crippen molar-refractivity contribution in [2.24, 2.45) is 0 Å². The Morgan fingerprint density at radius 3 is 2.73 bits per heavy atom. The topological polar surface area (TPSA) is 93.4 Å². The molecule has 0 aliphatic carbocycles. The molecular formula is C14H19N5O2S. The van der Waals surface area contributed by atoms with Crippen molar-refractivity contribution in [1.82, 2.24) is 20.4 Å². The third-order valence-electron chi connectivity index (χ3n) is 3.08. The Balaban J connectivity index is 2.17. The van der Waals surface area contributed by atoms with E-state index in [1.807, 2.05) is 30.3 Å². The molecule has 1 atom stereocenters. The molecule has 2 aromatic rings. The predicted molar refractivity (Wildman–Crippen MR) is 85.6 cm³/mol. The van der Waals surface area contributed by atoms with Gasteiger partial charge in [0.05, 0.1) is 6.61 Å². The number of aromatic nitrogens is 2.